The summed E-state index contributed by atoms with van der Waals surface area (Å²) in [6.07, 6.45) is 7.21. The van der Waals surface area contributed by atoms with Gasteiger partial charge in [-0.3, -0.25) is 4.79 Å². The van der Waals surface area contributed by atoms with Crippen LogP contribution in [0.2, 0.25) is 0 Å². The molecule has 1 rings (SSSR count). The number of carbonyl (C=O) groups excluding carboxylic acids is 4. The maximum atomic E-state index is 11.9. The fourth-order valence-electron chi connectivity index (χ4n) is 3.03. The molecular formula is C17H29N2O5PS. The van der Waals surface area contributed by atoms with E-state index >= 15 is 0 Å². The first kappa shape index (κ1) is 23.2. The quantitative estimate of drug-likeness (QED) is 0.246. The lowest BCUT2D eigenvalue weighted by Crippen LogP contribution is -2.43. The van der Waals surface area contributed by atoms with E-state index in [2.05, 4.69) is 22.9 Å². The molecule has 3 atom stereocenters. The van der Waals surface area contributed by atoms with Crippen molar-refractivity contribution < 1.29 is 23.7 Å². The average molecular weight is 404 g/mol. The van der Waals surface area contributed by atoms with Crippen LogP contribution in [0.4, 0.5) is 0 Å². The topological polar surface area (TPSA) is 102 Å². The van der Waals surface area contributed by atoms with E-state index in [9.17, 15) is 19.2 Å². The highest BCUT2D eigenvalue weighted by molar-refractivity contribution is 8.43. The Morgan fingerprint density at radius 1 is 1.15 bits per heavy atom. The predicted octanol–water partition coefficient (Wildman–Crippen LogP) is 1.79. The Balaban J connectivity index is 2.30. The molecule has 1 fully saturated rings. The van der Waals surface area contributed by atoms with E-state index in [4.69, 9.17) is 4.52 Å². The van der Waals surface area contributed by atoms with Crippen LogP contribution >= 0.6 is 19.6 Å². The van der Waals surface area contributed by atoms with E-state index in [0.29, 0.717) is 25.4 Å². The highest BCUT2D eigenvalue weighted by atomic mass is 32.7. The van der Waals surface area contributed by atoms with Crippen LogP contribution in [0.5, 0.6) is 0 Å². The van der Waals surface area contributed by atoms with Gasteiger partial charge in [0.15, 0.2) is 0 Å². The van der Waals surface area contributed by atoms with Gasteiger partial charge in [-0.05, 0) is 45.2 Å². The van der Waals surface area contributed by atoms with Crippen molar-refractivity contribution in [1.29, 1.82) is 0 Å². The normalized spacial score (nSPS) is 23.5. The molecule has 0 heterocycles. The molecule has 0 aliphatic heterocycles. The Morgan fingerprint density at radius 3 is 2.35 bits per heavy atom. The van der Waals surface area contributed by atoms with Gasteiger partial charge in [-0.25, -0.2) is 0 Å². The van der Waals surface area contributed by atoms with Crippen molar-refractivity contribution in [2.24, 2.45) is 0 Å². The molecule has 1 saturated carbocycles. The third-order valence-electron chi connectivity index (χ3n) is 4.38. The smallest absolute Gasteiger partial charge is 0.220 e. The predicted molar refractivity (Wildman–Crippen MR) is 104 cm³/mol. The zero-order valence-corrected chi connectivity index (χ0v) is 16.9. The summed E-state index contributed by atoms with van der Waals surface area (Å²) >= 11 is 4.30. The molecule has 3 unspecified atom stereocenters. The Bertz CT molecular complexity index is 458. The van der Waals surface area contributed by atoms with Gasteiger partial charge < -0.3 is 29.5 Å². The van der Waals surface area contributed by atoms with Crippen molar-refractivity contribution in [3.05, 3.63) is 0 Å². The Hall–Kier alpha value is -0.820. The number of amides is 1. The maximum Gasteiger partial charge on any atom is 0.220 e. The second-order valence-corrected chi connectivity index (χ2v) is 9.37. The number of rotatable bonds is 13. The lowest BCUT2D eigenvalue weighted by atomic mass is 9.92. The van der Waals surface area contributed by atoms with E-state index in [1.165, 1.54) is 0 Å². The first-order valence-electron chi connectivity index (χ1n) is 8.97. The average Bonchev–Trinajstić information content (AvgIpc) is 2.63. The van der Waals surface area contributed by atoms with Crippen LogP contribution in [0.25, 0.3) is 0 Å². The molecule has 0 spiro atoms. The molecule has 148 valence electrons. The van der Waals surface area contributed by atoms with Crippen molar-refractivity contribution in [3.8, 4) is 0 Å². The molecule has 1 aliphatic rings. The highest BCUT2D eigenvalue weighted by Gasteiger charge is 2.24. The molecular weight excluding hydrogens is 375 g/mol. The Labute approximate surface area is 161 Å². The molecule has 0 aromatic carbocycles. The summed E-state index contributed by atoms with van der Waals surface area (Å²) in [6, 6.07) is -0.797. The molecule has 0 aromatic heterocycles. The summed E-state index contributed by atoms with van der Waals surface area (Å²) in [5.74, 6) is -0.288. The van der Waals surface area contributed by atoms with Crippen LogP contribution in [0.3, 0.4) is 0 Å². The van der Waals surface area contributed by atoms with E-state index in [1.807, 2.05) is 6.66 Å². The van der Waals surface area contributed by atoms with Gasteiger partial charge in [0, 0.05) is 18.9 Å². The van der Waals surface area contributed by atoms with Crippen LogP contribution in [0, 0.1) is 0 Å². The second-order valence-electron chi connectivity index (χ2n) is 6.55. The molecule has 1 aliphatic carbocycles. The van der Waals surface area contributed by atoms with E-state index in [1.54, 1.807) is 0 Å². The van der Waals surface area contributed by atoms with E-state index < -0.39 is 13.4 Å². The van der Waals surface area contributed by atoms with Gasteiger partial charge in [0.2, 0.25) is 5.91 Å². The third kappa shape index (κ3) is 9.76. The van der Waals surface area contributed by atoms with Crippen LogP contribution in [-0.2, 0) is 23.7 Å². The van der Waals surface area contributed by atoms with Crippen molar-refractivity contribution in [3.63, 3.8) is 0 Å². The standard InChI is InChI=1S/C17H29N2O5PS/c1-25(26)24-16-7-4-13(5-8-16)18-15(12-22)6-9-17(23)19-14(11-21)3-2-10-20/h10-16,18,26H,2-9H2,1H3,(H,19,23). The lowest BCUT2D eigenvalue weighted by Gasteiger charge is -2.31. The highest BCUT2D eigenvalue weighted by Crippen LogP contribution is 2.41. The van der Waals surface area contributed by atoms with Crippen molar-refractivity contribution in [1.82, 2.24) is 10.6 Å². The molecule has 9 heteroatoms. The fraction of sp³-hybridized carbons (Fsp3) is 0.765. The first-order chi connectivity index (χ1) is 12.5. The molecule has 2 N–H and O–H groups in total. The zero-order chi connectivity index (χ0) is 19.4. The molecule has 0 aromatic rings. The van der Waals surface area contributed by atoms with Gasteiger partial charge in [0.25, 0.3) is 0 Å². The lowest BCUT2D eigenvalue weighted by molar-refractivity contribution is -0.124. The minimum atomic E-state index is -0.654. The molecule has 26 heavy (non-hydrogen) atoms. The maximum absolute atomic E-state index is 11.9. The van der Waals surface area contributed by atoms with E-state index in [-0.39, 0.29) is 36.9 Å². The van der Waals surface area contributed by atoms with Crippen molar-refractivity contribution in [2.45, 2.75) is 75.6 Å². The zero-order valence-electron chi connectivity index (χ0n) is 15.1. The Kier molecular flexibility index (Phi) is 11.9. The fourth-order valence-corrected chi connectivity index (χ4v) is 4.07. The van der Waals surface area contributed by atoms with Crippen molar-refractivity contribution >= 4 is 44.4 Å². The van der Waals surface area contributed by atoms with Gasteiger partial charge in [-0.15, -0.1) is 12.2 Å². The SMILES string of the molecule is CP(S)OC1CCC(NC(C=O)CCC(=O)NC(C=O)CCC=O)CC1. The molecule has 0 bridgehead atoms. The monoisotopic (exact) mass is 404 g/mol. The minimum absolute atomic E-state index is 0.153. The van der Waals surface area contributed by atoms with Crippen LogP contribution in [0.15, 0.2) is 0 Å². The van der Waals surface area contributed by atoms with Crippen molar-refractivity contribution in [2.75, 3.05) is 6.66 Å². The van der Waals surface area contributed by atoms with Gasteiger partial charge >= 0.3 is 0 Å². The largest absolute Gasteiger partial charge is 0.347 e. The molecule has 0 saturated heterocycles. The minimum Gasteiger partial charge on any atom is -0.347 e. The van der Waals surface area contributed by atoms with Gasteiger partial charge in [-0.2, -0.15) is 0 Å². The van der Waals surface area contributed by atoms with Crippen LogP contribution < -0.4 is 10.6 Å². The summed E-state index contributed by atoms with van der Waals surface area (Å²) in [5, 5.41) is 5.88. The number of hydrogen-bond donors (Lipinski definition) is 3. The summed E-state index contributed by atoms with van der Waals surface area (Å²) in [6.45, 7) is 1.96. The number of carbonyl (C=O) groups is 4. The molecule has 7 nitrogen and oxygen atoms in total. The molecule has 0 radical (unpaired) electrons. The van der Waals surface area contributed by atoms with E-state index in [0.717, 1.165) is 32.0 Å². The number of nitrogens with one attached hydrogen (secondary N) is 2. The Morgan fingerprint density at radius 2 is 1.81 bits per heavy atom. The third-order valence-corrected chi connectivity index (χ3v) is 5.26. The number of thiol groups is 1. The first-order valence-corrected chi connectivity index (χ1v) is 11.8. The second kappa shape index (κ2) is 13.4. The summed E-state index contributed by atoms with van der Waals surface area (Å²) in [5.41, 5.74) is 0. The number of aldehydes is 3. The number of hydrogen-bond acceptors (Lipinski definition) is 7. The van der Waals surface area contributed by atoms with Gasteiger partial charge in [0.05, 0.1) is 25.5 Å². The molecule has 1 amide bonds. The summed E-state index contributed by atoms with van der Waals surface area (Å²) in [7, 11) is -0.654. The van der Waals surface area contributed by atoms with Crippen LogP contribution in [0.1, 0.15) is 51.4 Å². The van der Waals surface area contributed by atoms with Crippen LogP contribution in [-0.4, -0.2) is 55.7 Å². The summed E-state index contributed by atoms with van der Waals surface area (Å²) in [4.78, 5) is 44.4. The summed E-state index contributed by atoms with van der Waals surface area (Å²) < 4.78 is 5.75. The van der Waals surface area contributed by atoms with Gasteiger partial charge in [0.1, 0.15) is 18.9 Å². The van der Waals surface area contributed by atoms with Gasteiger partial charge in [-0.1, -0.05) is 0 Å².